The Bertz CT molecular complexity index is 491. The van der Waals surface area contributed by atoms with Crippen LogP contribution in [0.25, 0.3) is 0 Å². The minimum absolute atomic E-state index is 0.111. The molecule has 1 nitrogen and oxygen atoms in total. The van der Waals surface area contributed by atoms with Crippen LogP contribution in [0.1, 0.15) is 29.7 Å². The summed E-state index contributed by atoms with van der Waals surface area (Å²) >= 11 is 5.97. The minimum atomic E-state index is -0.111. The number of benzene rings is 2. The van der Waals surface area contributed by atoms with E-state index in [-0.39, 0.29) is 6.04 Å². The quantitative estimate of drug-likeness (QED) is 0.871. The first-order valence-corrected chi connectivity index (χ1v) is 6.18. The molecule has 0 aliphatic rings. The monoisotopic (exact) mass is 245 g/mol. The maximum absolute atomic E-state index is 6.22. The van der Waals surface area contributed by atoms with Crippen LogP contribution in [0.2, 0.25) is 5.02 Å². The summed E-state index contributed by atoms with van der Waals surface area (Å²) in [5, 5.41) is 0.725. The molecule has 88 valence electrons. The maximum Gasteiger partial charge on any atom is 0.0552 e. The molecule has 0 saturated carbocycles. The van der Waals surface area contributed by atoms with Crippen LogP contribution in [0.15, 0.2) is 48.5 Å². The van der Waals surface area contributed by atoms with E-state index in [9.17, 15) is 0 Å². The van der Waals surface area contributed by atoms with Gasteiger partial charge in [0.2, 0.25) is 0 Å². The van der Waals surface area contributed by atoms with Crippen LogP contribution in [-0.4, -0.2) is 0 Å². The van der Waals surface area contributed by atoms with E-state index >= 15 is 0 Å². The molecule has 0 bridgehead atoms. The molecule has 1 unspecified atom stereocenters. The molecular weight excluding hydrogens is 230 g/mol. The normalized spacial score (nSPS) is 12.4. The second-order valence-electron chi connectivity index (χ2n) is 4.13. The molecule has 2 aromatic carbocycles. The van der Waals surface area contributed by atoms with Gasteiger partial charge in [0.15, 0.2) is 0 Å². The van der Waals surface area contributed by atoms with Crippen molar-refractivity contribution >= 4 is 11.6 Å². The Morgan fingerprint density at radius 1 is 1.06 bits per heavy atom. The fraction of sp³-hybridized carbons (Fsp3) is 0.200. The van der Waals surface area contributed by atoms with Crippen LogP contribution >= 0.6 is 11.6 Å². The molecule has 0 aliphatic carbocycles. The van der Waals surface area contributed by atoms with Gasteiger partial charge in [-0.15, -0.1) is 0 Å². The molecular formula is C15H16ClN. The van der Waals surface area contributed by atoms with Crippen molar-refractivity contribution in [1.29, 1.82) is 0 Å². The Morgan fingerprint density at radius 2 is 1.76 bits per heavy atom. The van der Waals surface area contributed by atoms with E-state index in [4.69, 9.17) is 17.3 Å². The lowest BCUT2D eigenvalue weighted by molar-refractivity contribution is 0.870. The fourth-order valence-corrected chi connectivity index (χ4v) is 2.05. The average molecular weight is 246 g/mol. The van der Waals surface area contributed by atoms with Gasteiger partial charge in [-0.2, -0.15) is 0 Å². The highest BCUT2D eigenvalue weighted by atomic mass is 35.5. The largest absolute Gasteiger partial charge is 0.320 e. The summed E-state index contributed by atoms with van der Waals surface area (Å²) in [4.78, 5) is 0. The van der Waals surface area contributed by atoms with Crippen LogP contribution < -0.4 is 5.73 Å². The smallest absolute Gasteiger partial charge is 0.0552 e. The Kier molecular flexibility index (Phi) is 3.82. The van der Waals surface area contributed by atoms with Crippen molar-refractivity contribution in [2.24, 2.45) is 5.73 Å². The lowest BCUT2D eigenvalue weighted by Gasteiger charge is -2.13. The molecule has 0 aliphatic heterocycles. The number of nitrogens with two attached hydrogens (primary N) is 1. The molecule has 0 fully saturated rings. The van der Waals surface area contributed by atoms with Crippen LogP contribution in [0, 0.1) is 0 Å². The van der Waals surface area contributed by atoms with Crippen molar-refractivity contribution < 1.29 is 0 Å². The molecule has 17 heavy (non-hydrogen) atoms. The van der Waals surface area contributed by atoms with Crippen LogP contribution in [-0.2, 0) is 6.42 Å². The third-order valence-corrected chi connectivity index (χ3v) is 3.19. The van der Waals surface area contributed by atoms with Crippen molar-refractivity contribution in [3.8, 4) is 0 Å². The topological polar surface area (TPSA) is 26.0 Å². The molecule has 2 rings (SSSR count). The molecule has 0 amide bonds. The van der Waals surface area contributed by atoms with Crippen LogP contribution in [0.3, 0.4) is 0 Å². The van der Waals surface area contributed by atoms with Gasteiger partial charge in [0, 0.05) is 5.02 Å². The van der Waals surface area contributed by atoms with Gasteiger partial charge in [-0.1, -0.05) is 54.9 Å². The standard InChI is InChI=1S/C15H16ClN/c1-2-11-6-8-12(9-7-11)15(17)13-4-3-5-14(16)10-13/h3-10,15H,2,17H2,1H3. The van der Waals surface area contributed by atoms with E-state index in [1.165, 1.54) is 5.56 Å². The molecule has 2 heteroatoms. The van der Waals surface area contributed by atoms with Gasteiger partial charge in [0.05, 0.1) is 6.04 Å². The highest BCUT2D eigenvalue weighted by molar-refractivity contribution is 6.30. The summed E-state index contributed by atoms with van der Waals surface area (Å²) in [7, 11) is 0. The van der Waals surface area contributed by atoms with E-state index in [1.807, 2.05) is 24.3 Å². The van der Waals surface area contributed by atoms with Gasteiger partial charge >= 0.3 is 0 Å². The molecule has 1 atom stereocenters. The summed E-state index contributed by atoms with van der Waals surface area (Å²) in [6.45, 7) is 2.14. The number of hydrogen-bond acceptors (Lipinski definition) is 1. The highest BCUT2D eigenvalue weighted by Gasteiger charge is 2.08. The molecule has 2 aromatic rings. The average Bonchev–Trinajstić information content (AvgIpc) is 2.38. The van der Waals surface area contributed by atoms with E-state index in [0.717, 1.165) is 22.6 Å². The zero-order chi connectivity index (χ0) is 12.3. The number of hydrogen-bond donors (Lipinski definition) is 1. The summed E-state index contributed by atoms with van der Waals surface area (Å²) in [5.74, 6) is 0. The van der Waals surface area contributed by atoms with Crippen molar-refractivity contribution in [2.45, 2.75) is 19.4 Å². The lowest BCUT2D eigenvalue weighted by Crippen LogP contribution is -2.11. The summed E-state index contributed by atoms with van der Waals surface area (Å²) in [6, 6.07) is 16.0. The third-order valence-electron chi connectivity index (χ3n) is 2.95. The predicted octanol–water partition coefficient (Wildman–Crippen LogP) is 3.95. The number of aryl methyl sites for hydroxylation is 1. The van der Waals surface area contributed by atoms with Crippen LogP contribution in [0.5, 0.6) is 0 Å². The van der Waals surface area contributed by atoms with E-state index < -0.39 is 0 Å². The fourth-order valence-electron chi connectivity index (χ4n) is 1.85. The Balaban J connectivity index is 2.27. The van der Waals surface area contributed by atoms with Crippen molar-refractivity contribution in [2.75, 3.05) is 0 Å². The number of rotatable bonds is 3. The van der Waals surface area contributed by atoms with Gasteiger partial charge in [-0.05, 0) is 35.2 Å². The van der Waals surface area contributed by atoms with Gasteiger partial charge in [-0.25, -0.2) is 0 Å². The van der Waals surface area contributed by atoms with Gasteiger partial charge in [0.25, 0.3) is 0 Å². The van der Waals surface area contributed by atoms with Gasteiger partial charge in [0.1, 0.15) is 0 Å². The second kappa shape index (κ2) is 5.35. The minimum Gasteiger partial charge on any atom is -0.320 e. The van der Waals surface area contributed by atoms with Crippen molar-refractivity contribution in [3.05, 3.63) is 70.2 Å². The second-order valence-corrected chi connectivity index (χ2v) is 4.56. The zero-order valence-electron chi connectivity index (χ0n) is 9.86. The molecule has 0 radical (unpaired) electrons. The van der Waals surface area contributed by atoms with Crippen molar-refractivity contribution in [3.63, 3.8) is 0 Å². The molecule has 0 aromatic heterocycles. The highest BCUT2D eigenvalue weighted by Crippen LogP contribution is 2.22. The number of halogens is 1. The first-order valence-electron chi connectivity index (χ1n) is 5.80. The maximum atomic E-state index is 6.22. The SMILES string of the molecule is CCc1ccc(C(N)c2cccc(Cl)c2)cc1. The summed E-state index contributed by atoms with van der Waals surface area (Å²) < 4.78 is 0. The Hall–Kier alpha value is -1.31. The Labute approximate surface area is 107 Å². The first kappa shape index (κ1) is 12.2. The van der Waals surface area contributed by atoms with E-state index in [2.05, 4.69) is 31.2 Å². The lowest BCUT2D eigenvalue weighted by atomic mass is 9.98. The summed E-state index contributed by atoms with van der Waals surface area (Å²) in [6.07, 6.45) is 1.05. The van der Waals surface area contributed by atoms with Gasteiger partial charge in [-0.3, -0.25) is 0 Å². The van der Waals surface area contributed by atoms with E-state index in [1.54, 1.807) is 0 Å². The van der Waals surface area contributed by atoms with E-state index in [0.29, 0.717) is 0 Å². The zero-order valence-corrected chi connectivity index (χ0v) is 10.6. The van der Waals surface area contributed by atoms with Gasteiger partial charge < -0.3 is 5.73 Å². The molecule has 0 heterocycles. The van der Waals surface area contributed by atoms with Crippen molar-refractivity contribution in [1.82, 2.24) is 0 Å². The predicted molar refractivity (Wildman–Crippen MR) is 73.3 cm³/mol. The Morgan fingerprint density at radius 3 is 2.35 bits per heavy atom. The summed E-state index contributed by atoms with van der Waals surface area (Å²) in [5.41, 5.74) is 9.70. The molecule has 2 N–H and O–H groups in total. The third kappa shape index (κ3) is 2.87. The van der Waals surface area contributed by atoms with Crippen LogP contribution in [0.4, 0.5) is 0 Å². The molecule has 0 saturated heterocycles. The molecule has 0 spiro atoms. The first-order chi connectivity index (χ1) is 8.20.